The lowest BCUT2D eigenvalue weighted by atomic mass is 10.3. The Bertz CT molecular complexity index is 575. The summed E-state index contributed by atoms with van der Waals surface area (Å²) < 4.78 is 6.51. The summed E-state index contributed by atoms with van der Waals surface area (Å²) in [5.74, 6) is -0.0698. The second-order valence-electron chi connectivity index (χ2n) is 4.25. The molecule has 1 aromatic carbocycles. The summed E-state index contributed by atoms with van der Waals surface area (Å²) in [6.07, 6.45) is 0. The van der Waals surface area contributed by atoms with Gasteiger partial charge in [0.05, 0.1) is 17.5 Å². The number of thioether (sulfide) groups is 1. The van der Waals surface area contributed by atoms with Crippen LogP contribution in [0.3, 0.4) is 0 Å². The van der Waals surface area contributed by atoms with Crippen molar-refractivity contribution in [3.05, 3.63) is 30.3 Å². The average Bonchev–Trinajstić information content (AvgIpc) is 2.96. The molecule has 0 spiro atoms. The molecule has 2 rings (SSSR count). The fourth-order valence-electron chi connectivity index (χ4n) is 1.62. The van der Waals surface area contributed by atoms with Gasteiger partial charge in [-0.15, -0.1) is 5.10 Å². The van der Waals surface area contributed by atoms with Gasteiger partial charge in [-0.3, -0.25) is 4.79 Å². The molecule has 0 bridgehead atoms. The Morgan fingerprint density at radius 3 is 2.90 bits per heavy atom. The van der Waals surface area contributed by atoms with E-state index in [4.69, 9.17) is 4.74 Å². The molecule has 2 aromatic rings. The van der Waals surface area contributed by atoms with Crippen LogP contribution in [0, 0.1) is 0 Å². The van der Waals surface area contributed by atoms with E-state index in [0.717, 1.165) is 5.69 Å². The zero-order valence-electron chi connectivity index (χ0n) is 11.9. The first-order valence-corrected chi connectivity index (χ1v) is 7.37. The summed E-state index contributed by atoms with van der Waals surface area (Å²) in [6.45, 7) is 2.80. The number of methoxy groups -OCH3 is 1. The van der Waals surface area contributed by atoms with Crippen LogP contribution in [0.4, 0.5) is 0 Å². The molecular weight excluding hydrogens is 290 g/mol. The molecule has 1 heterocycles. The van der Waals surface area contributed by atoms with E-state index < -0.39 is 0 Å². The van der Waals surface area contributed by atoms with Gasteiger partial charge >= 0.3 is 0 Å². The second kappa shape index (κ2) is 7.75. The molecule has 0 fully saturated rings. The molecule has 7 nitrogen and oxygen atoms in total. The van der Waals surface area contributed by atoms with E-state index in [1.165, 1.54) is 11.8 Å². The number of carbonyl (C=O) groups excluding carboxylic acids is 1. The predicted molar refractivity (Wildman–Crippen MR) is 79.4 cm³/mol. The summed E-state index contributed by atoms with van der Waals surface area (Å²) in [4.78, 5) is 11.9. The van der Waals surface area contributed by atoms with Gasteiger partial charge in [0.25, 0.3) is 0 Å². The van der Waals surface area contributed by atoms with Crippen LogP contribution >= 0.6 is 11.8 Å². The van der Waals surface area contributed by atoms with Gasteiger partial charge in [-0.1, -0.05) is 30.0 Å². The van der Waals surface area contributed by atoms with Crippen LogP contribution < -0.4 is 5.32 Å². The number of nitrogens with zero attached hydrogens (tertiary/aromatic N) is 4. The molecule has 0 aliphatic heterocycles. The van der Waals surface area contributed by atoms with Crippen molar-refractivity contribution < 1.29 is 9.53 Å². The highest BCUT2D eigenvalue weighted by atomic mass is 32.2. The van der Waals surface area contributed by atoms with Crippen LogP contribution in [0.1, 0.15) is 6.92 Å². The van der Waals surface area contributed by atoms with Crippen LogP contribution in [0.5, 0.6) is 0 Å². The molecule has 1 atom stereocenters. The standard InChI is InChI=1S/C13H17N5O2S/c1-10(12(19)14-8-9-20-2)21-13-15-16-17-18(13)11-6-4-3-5-7-11/h3-7,10H,8-9H2,1-2H3,(H,14,19)/t10-/m0/s1. The summed E-state index contributed by atoms with van der Waals surface area (Å²) in [6, 6.07) is 9.55. The Hall–Kier alpha value is -1.93. The van der Waals surface area contributed by atoms with Crippen LogP contribution in [-0.2, 0) is 9.53 Å². The number of hydrogen-bond acceptors (Lipinski definition) is 6. The summed E-state index contributed by atoms with van der Waals surface area (Å²) in [5, 5.41) is 14.7. The molecular formula is C13H17N5O2S. The molecule has 1 aromatic heterocycles. The van der Waals surface area contributed by atoms with Gasteiger partial charge in [0.2, 0.25) is 11.1 Å². The van der Waals surface area contributed by atoms with E-state index in [1.807, 2.05) is 37.3 Å². The lowest BCUT2D eigenvalue weighted by Crippen LogP contribution is -2.33. The first-order valence-electron chi connectivity index (χ1n) is 6.49. The summed E-state index contributed by atoms with van der Waals surface area (Å²) in [5.41, 5.74) is 0.858. The van der Waals surface area contributed by atoms with E-state index in [1.54, 1.807) is 11.8 Å². The first kappa shape index (κ1) is 15.5. The van der Waals surface area contributed by atoms with Crippen LogP contribution in [0.15, 0.2) is 35.5 Å². The van der Waals surface area contributed by atoms with Crippen LogP contribution in [0.25, 0.3) is 5.69 Å². The number of aromatic nitrogens is 4. The maximum Gasteiger partial charge on any atom is 0.233 e. The van der Waals surface area contributed by atoms with Crippen molar-refractivity contribution >= 4 is 17.7 Å². The van der Waals surface area contributed by atoms with E-state index in [2.05, 4.69) is 20.8 Å². The van der Waals surface area contributed by atoms with Crippen molar-refractivity contribution in [3.63, 3.8) is 0 Å². The zero-order valence-corrected chi connectivity index (χ0v) is 12.7. The molecule has 1 N–H and O–H groups in total. The fourth-order valence-corrected chi connectivity index (χ4v) is 2.45. The third kappa shape index (κ3) is 4.27. The van der Waals surface area contributed by atoms with Crippen molar-refractivity contribution in [2.24, 2.45) is 0 Å². The monoisotopic (exact) mass is 307 g/mol. The van der Waals surface area contributed by atoms with Crippen molar-refractivity contribution in [1.82, 2.24) is 25.5 Å². The highest BCUT2D eigenvalue weighted by Gasteiger charge is 2.18. The quantitative estimate of drug-likeness (QED) is 0.605. The number of amides is 1. The number of carbonyl (C=O) groups is 1. The third-order valence-corrected chi connectivity index (χ3v) is 3.73. The highest BCUT2D eigenvalue weighted by Crippen LogP contribution is 2.22. The van der Waals surface area contributed by atoms with Gasteiger partial charge in [-0.05, 0) is 29.5 Å². The number of rotatable bonds is 7. The van der Waals surface area contributed by atoms with Crippen LogP contribution in [0.2, 0.25) is 0 Å². The predicted octanol–water partition coefficient (Wildman–Crippen LogP) is 0.905. The normalized spacial score (nSPS) is 12.1. The highest BCUT2D eigenvalue weighted by molar-refractivity contribution is 8.00. The Balaban J connectivity index is 2.00. The van der Waals surface area contributed by atoms with Gasteiger partial charge in [-0.25, -0.2) is 0 Å². The minimum atomic E-state index is -0.296. The van der Waals surface area contributed by atoms with Gasteiger partial charge in [0, 0.05) is 13.7 Å². The number of benzene rings is 1. The molecule has 21 heavy (non-hydrogen) atoms. The maximum atomic E-state index is 11.9. The molecule has 8 heteroatoms. The summed E-state index contributed by atoms with van der Waals surface area (Å²) in [7, 11) is 1.60. The average molecular weight is 307 g/mol. The fraction of sp³-hybridized carbons (Fsp3) is 0.385. The number of hydrogen-bond donors (Lipinski definition) is 1. The Kier molecular flexibility index (Phi) is 5.70. The largest absolute Gasteiger partial charge is 0.383 e. The Labute approximate surface area is 127 Å². The van der Waals surface area contributed by atoms with Gasteiger partial charge < -0.3 is 10.1 Å². The molecule has 1 amide bonds. The maximum absolute atomic E-state index is 11.9. The van der Waals surface area contributed by atoms with E-state index in [-0.39, 0.29) is 11.2 Å². The second-order valence-corrected chi connectivity index (χ2v) is 5.56. The van der Waals surface area contributed by atoms with Crippen molar-refractivity contribution in [2.75, 3.05) is 20.3 Å². The lowest BCUT2D eigenvalue weighted by molar-refractivity contribution is -0.120. The number of nitrogens with one attached hydrogen (secondary N) is 1. The van der Waals surface area contributed by atoms with Gasteiger partial charge in [0.15, 0.2) is 0 Å². The Morgan fingerprint density at radius 2 is 2.19 bits per heavy atom. The molecule has 0 aliphatic rings. The van der Waals surface area contributed by atoms with E-state index >= 15 is 0 Å². The SMILES string of the molecule is COCCNC(=O)[C@H](C)Sc1nnnn1-c1ccccc1. The number of para-hydroxylation sites is 1. The first-order chi connectivity index (χ1) is 10.2. The molecule has 0 saturated heterocycles. The Morgan fingerprint density at radius 1 is 1.43 bits per heavy atom. The van der Waals surface area contributed by atoms with Crippen molar-refractivity contribution in [3.8, 4) is 5.69 Å². The lowest BCUT2D eigenvalue weighted by Gasteiger charge is -2.11. The topological polar surface area (TPSA) is 81.9 Å². The van der Waals surface area contributed by atoms with Crippen molar-refractivity contribution in [1.29, 1.82) is 0 Å². The number of ether oxygens (including phenoxy) is 1. The number of tetrazole rings is 1. The smallest absolute Gasteiger partial charge is 0.233 e. The zero-order chi connectivity index (χ0) is 15.1. The molecule has 0 radical (unpaired) electrons. The molecule has 0 saturated carbocycles. The molecule has 0 unspecified atom stereocenters. The van der Waals surface area contributed by atoms with E-state index in [9.17, 15) is 4.79 Å². The minimum absolute atomic E-state index is 0.0698. The summed E-state index contributed by atoms with van der Waals surface area (Å²) >= 11 is 1.31. The van der Waals surface area contributed by atoms with Gasteiger partial charge in [0.1, 0.15) is 0 Å². The van der Waals surface area contributed by atoms with Gasteiger partial charge in [-0.2, -0.15) is 4.68 Å². The van der Waals surface area contributed by atoms with E-state index in [0.29, 0.717) is 18.3 Å². The van der Waals surface area contributed by atoms with Crippen LogP contribution in [-0.4, -0.2) is 51.6 Å². The third-order valence-electron chi connectivity index (χ3n) is 2.70. The minimum Gasteiger partial charge on any atom is -0.383 e. The molecule has 112 valence electrons. The molecule has 0 aliphatic carbocycles. The van der Waals surface area contributed by atoms with Crippen molar-refractivity contribution in [2.45, 2.75) is 17.3 Å².